The highest BCUT2D eigenvalue weighted by atomic mass is 16.5. The van der Waals surface area contributed by atoms with Crippen LogP contribution in [0.2, 0.25) is 0 Å². The molecule has 2 N–H and O–H groups in total. The fourth-order valence-electron chi connectivity index (χ4n) is 3.11. The van der Waals surface area contributed by atoms with E-state index in [1.807, 2.05) is 50.1 Å². The molecule has 6 heteroatoms. The van der Waals surface area contributed by atoms with Crippen LogP contribution in [-0.4, -0.2) is 29.8 Å². The van der Waals surface area contributed by atoms with Gasteiger partial charge in [0.05, 0.1) is 23.9 Å². The van der Waals surface area contributed by atoms with Crippen LogP contribution in [0.4, 0.5) is 5.82 Å². The summed E-state index contributed by atoms with van der Waals surface area (Å²) in [5.74, 6) is 2.12. The number of ether oxygens (including phenoxy) is 1. The first-order valence-electron chi connectivity index (χ1n) is 8.38. The monoisotopic (exact) mass is 328 g/mol. The highest BCUT2D eigenvalue weighted by Crippen LogP contribution is 2.24. The van der Waals surface area contributed by atoms with Crippen molar-refractivity contribution in [3.63, 3.8) is 0 Å². The van der Waals surface area contributed by atoms with E-state index in [-0.39, 0.29) is 11.6 Å². The Bertz CT molecular complexity index is 781. The molecular weight excluding hydrogens is 304 g/mol. The number of aromatic nitrogens is 2. The van der Waals surface area contributed by atoms with Crippen molar-refractivity contribution in [3.8, 4) is 11.4 Å². The molecule has 0 amide bonds. The zero-order valence-electron chi connectivity index (χ0n) is 14.5. The molecule has 1 aromatic heterocycles. The van der Waals surface area contributed by atoms with Crippen molar-refractivity contribution in [2.75, 3.05) is 25.1 Å². The van der Waals surface area contributed by atoms with E-state index in [9.17, 15) is 4.79 Å². The van der Waals surface area contributed by atoms with Gasteiger partial charge in [0.15, 0.2) is 0 Å². The average Bonchev–Trinajstić information content (AvgIpc) is 2.56. The molecule has 24 heavy (non-hydrogen) atoms. The van der Waals surface area contributed by atoms with Crippen LogP contribution in [0.25, 0.3) is 5.69 Å². The molecule has 1 aromatic carbocycles. The first-order valence-corrected chi connectivity index (χ1v) is 8.38. The van der Waals surface area contributed by atoms with Gasteiger partial charge in [0, 0.05) is 13.6 Å². The summed E-state index contributed by atoms with van der Waals surface area (Å²) in [5.41, 5.74) is 7.62. The second kappa shape index (κ2) is 6.65. The van der Waals surface area contributed by atoms with Gasteiger partial charge in [0.1, 0.15) is 17.4 Å². The minimum atomic E-state index is -0.343. The second-order valence-electron chi connectivity index (χ2n) is 6.15. The molecule has 2 heterocycles. The van der Waals surface area contributed by atoms with Crippen molar-refractivity contribution in [2.24, 2.45) is 5.73 Å². The van der Waals surface area contributed by atoms with Crippen LogP contribution in [0.15, 0.2) is 29.1 Å². The molecule has 1 aliphatic rings. The molecule has 0 saturated carbocycles. The molecule has 2 aromatic rings. The molecule has 128 valence electrons. The molecule has 0 aliphatic carbocycles. The van der Waals surface area contributed by atoms with Gasteiger partial charge in [0.25, 0.3) is 5.56 Å². The Kier molecular flexibility index (Phi) is 4.57. The van der Waals surface area contributed by atoms with Gasteiger partial charge in [0.2, 0.25) is 0 Å². The Morgan fingerprint density at radius 2 is 2.04 bits per heavy atom. The predicted octanol–water partition coefficient (Wildman–Crippen LogP) is 2.03. The van der Waals surface area contributed by atoms with Crippen molar-refractivity contribution in [2.45, 2.75) is 32.7 Å². The molecule has 0 radical (unpaired) electrons. The Labute approximate surface area is 141 Å². The molecule has 0 saturated heterocycles. The Hall–Kier alpha value is -2.34. The van der Waals surface area contributed by atoms with E-state index < -0.39 is 0 Å². The van der Waals surface area contributed by atoms with Gasteiger partial charge in [-0.2, -0.15) is 0 Å². The number of anilines is 1. The normalized spacial score (nSPS) is 15.1. The van der Waals surface area contributed by atoms with Gasteiger partial charge >= 0.3 is 0 Å². The highest BCUT2D eigenvalue weighted by molar-refractivity contribution is 5.50. The van der Waals surface area contributed by atoms with Crippen LogP contribution in [0.1, 0.15) is 37.7 Å². The smallest absolute Gasteiger partial charge is 0.263 e. The van der Waals surface area contributed by atoms with Crippen molar-refractivity contribution < 1.29 is 4.74 Å². The van der Waals surface area contributed by atoms with Crippen molar-refractivity contribution in [3.05, 3.63) is 46.0 Å². The van der Waals surface area contributed by atoms with Crippen LogP contribution in [0.5, 0.6) is 5.75 Å². The summed E-state index contributed by atoms with van der Waals surface area (Å²) in [4.78, 5) is 19.9. The standard InChI is InChI=1S/C18H24N4O2/c1-4-24-14-9-7-13(8-10-14)22-16(12(2)19)20-17-15(18(22)23)6-5-11-21(17)3/h7-10,12H,4-6,11,19H2,1-3H3. The maximum atomic E-state index is 13.1. The van der Waals surface area contributed by atoms with E-state index >= 15 is 0 Å². The Balaban J connectivity index is 2.17. The van der Waals surface area contributed by atoms with E-state index in [1.54, 1.807) is 4.57 Å². The first kappa shape index (κ1) is 16.5. The van der Waals surface area contributed by atoms with E-state index in [1.165, 1.54) is 0 Å². The lowest BCUT2D eigenvalue weighted by molar-refractivity contribution is 0.340. The lowest BCUT2D eigenvalue weighted by Crippen LogP contribution is -2.36. The van der Waals surface area contributed by atoms with E-state index in [0.717, 1.165) is 42.2 Å². The minimum absolute atomic E-state index is 0.0250. The van der Waals surface area contributed by atoms with Crippen molar-refractivity contribution in [1.29, 1.82) is 0 Å². The van der Waals surface area contributed by atoms with Crippen LogP contribution in [-0.2, 0) is 6.42 Å². The van der Waals surface area contributed by atoms with Crippen LogP contribution < -0.4 is 20.9 Å². The molecule has 6 nitrogen and oxygen atoms in total. The topological polar surface area (TPSA) is 73.4 Å². The number of nitrogens with two attached hydrogens (primary N) is 1. The minimum Gasteiger partial charge on any atom is -0.494 e. The number of nitrogens with zero attached hydrogens (tertiary/aromatic N) is 3. The summed E-state index contributed by atoms with van der Waals surface area (Å²) in [6.45, 7) is 5.31. The largest absolute Gasteiger partial charge is 0.494 e. The van der Waals surface area contributed by atoms with Gasteiger partial charge < -0.3 is 15.4 Å². The highest BCUT2D eigenvalue weighted by Gasteiger charge is 2.24. The molecule has 0 spiro atoms. The van der Waals surface area contributed by atoms with Gasteiger partial charge in [-0.25, -0.2) is 4.98 Å². The fourth-order valence-corrected chi connectivity index (χ4v) is 3.11. The zero-order chi connectivity index (χ0) is 17.3. The molecule has 3 rings (SSSR count). The summed E-state index contributed by atoms with van der Waals surface area (Å²) >= 11 is 0. The van der Waals surface area contributed by atoms with E-state index in [0.29, 0.717) is 12.4 Å². The molecule has 0 bridgehead atoms. The Morgan fingerprint density at radius 3 is 2.67 bits per heavy atom. The van der Waals surface area contributed by atoms with Crippen LogP contribution >= 0.6 is 0 Å². The third kappa shape index (κ3) is 2.89. The van der Waals surface area contributed by atoms with E-state index in [2.05, 4.69) is 0 Å². The molecule has 1 aliphatic heterocycles. The number of hydrogen-bond acceptors (Lipinski definition) is 5. The lowest BCUT2D eigenvalue weighted by Gasteiger charge is -2.28. The number of benzene rings is 1. The summed E-state index contributed by atoms with van der Waals surface area (Å²) in [6.07, 6.45) is 1.71. The number of fused-ring (bicyclic) bond motifs is 1. The quantitative estimate of drug-likeness (QED) is 0.930. The summed E-state index contributed by atoms with van der Waals surface area (Å²) in [6, 6.07) is 7.13. The fraction of sp³-hybridized carbons (Fsp3) is 0.444. The van der Waals surface area contributed by atoms with Gasteiger partial charge in [-0.3, -0.25) is 9.36 Å². The third-order valence-electron chi connectivity index (χ3n) is 4.28. The maximum Gasteiger partial charge on any atom is 0.263 e. The first-order chi connectivity index (χ1) is 11.5. The maximum absolute atomic E-state index is 13.1. The number of rotatable bonds is 4. The summed E-state index contributed by atoms with van der Waals surface area (Å²) in [5, 5.41) is 0. The van der Waals surface area contributed by atoms with Gasteiger partial charge in [-0.15, -0.1) is 0 Å². The SMILES string of the molecule is CCOc1ccc(-n2c(C(C)N)nc3c(c2=O)CCCN3C)cc1. The third-order valence-corrected chi connectivity index (χ3v) is 4.28. The van der Waals surface area contributed by atoms with Crippen molar-refractivity contribution in [1.82, 2.24) is 9.55 Å². The zero-order valence-corrected chi connectivity index (χ0v) is 14.5. The Morgan fingerprint density at radius 1 is 1.33 bits per heavy atom. The van der Waals surface area contributed by atoms with E-state index in [4.69, 9.17) is 15.5 Å². The second-order valence-corrected chi connectivity index (χ2v) is 6.15. The number of hydrogen-bond donors (Lipinski definition) is 1. The van der Waals surface area contributed by atoms with Crippen molar-refractivity contribution >= 4 is 5.82 Å². The molecular formula is C18H24N4O2. The predicted molar refractivity (Wildman–Crippen MR) is 95.2 cm³/mol. The van der Waals surface area contributed by atoms with Gasteiger partial charge in [-0.1, -0.05) is 0 Å². The molecule has 1 unspecified atom stereocenters. The molecule has 1 atom stereocenters. The van der Waals surface area contributed by atoms with Crippen LogP contribution in [0, 0.1) is 0 Å². The summed E-state index contributed by atoms with van der Waals surface area (Å²) < 4.78 is 7.11. The van der Waals surface area contributed by atoms with Gasteiger partial charge in [-0.05, 0) is 51.0 Å². The lowest BCUT2D eigenvalue weighted by atomic mass is 10.1. The summed E-state index contributed by atoms with van der Waals surface area (Å²) in [7, 11) is 1.97. The van der Waals surface area contributed by atoms with Crippen LogP contribution in [0.3, 0.4) is 0 Å². The average molecular weight is 328 g/mol. The molecule has 0 fully saturated rings.